The number of ether oxygens (including phenoxy) is 1. The molecule has 0 saturated carbocycles. The summed E-state index contributed by atoms with van der Waals surface area (Å²) >= 11 is 1.05. The molecule has 0 atom stereocenters. The van der Waals surface area contributed by atoms with Crippen LogP contribution in [0, 0.1) is 11.6 Å². The van der Waals surface area contributed by atoms with Gasteiger partial charge in [-0.2, -0.15) is 0 Å². The molecule has 12 heteroatoms. The summed E-state index contributed by atoms with van der Waals surface area (Å²) in [4.78, 5) is 11.0. The van der Waals surface area contributed by atoms with Gasteiger partial charge >= 0.3 is 5.88 Å². The van der Waals surface area contributed by atoms with Gasteiger partial charge < -0.3 is 15.6 Å². The summed E-state index contributed by atoms with van der Waals surface area (Å²) in [5.41, 5.74) is 8.52. The van der Waals surface area contributed by atoms with Crippen LogP contribution < -0.4 is 20.6 Å². The van der Waals surface area contributed by atoms with Crippen molar-refractivity contribution in [3.05, 3.63) is 89.4 Å². The van der Waals surface area contributed by atoms with E-state index in [2.05, 4.69) is 10.3 Å². The number of thiophene rings is 1. The Balaban J connectivity index is 1.38. The first kappa shape index (κ1) is 26.0. The minimum atomic E-state index is -0.760. The second kappa shape index (κ2) is 10.5. The van der Waals surface area contributed by atoms with Crippen LogP contribution in [0.3, 0.4) is 0 Å². The molecule has 0 spiro atoms. The lowest BCUT2D eigenvalue weighted by atomic mass is 9.96. The topological polar surface area (TPSA) is 117 Å². The number of aliphatic imine (C=N–C) groups is 1. The fourth-order valence-corrected chi connectivity index (χ4v) is 6.11. The van der Waals surface area contributed by atoms with Crippen LogP contribution in [0.25, 0.3) is 43.4 Å². The Kier molecular flexibility index (Phi) is 6.48. The number of benzene rings is 3. The summed E-state index contributed by atoms with van der Waals surface area (Å²) in [6, 6.07) is 18.7. The SMILES string of the molecule is Nc1c(/C([O-])=N\c2c[n+](N3CCOCC3)no2)sc2nc(-c3cccc4ccccc34)cc(-c3ccc(F)cc3F)c12. The van der Waals surface area contributed by atoms with Crippen LogP contribution in [0.2, 0.25) is 0 Å². The summed E-state index contributed by atoms with van der Waals surface area (Å²) in [5, 5.41) is 21.5. The van der Waals surface area contributed by atoms with E-state index >= 15 is 4.39 Å². The Morgan fingerprint density at radius 3 is 2.64 bits per heavy atom. The molecule has 0 amide bonds. The van der Waals surface area contributed by atoms with Crippen molar-refractivity contribution >= 4 is 49.8 Å². The molecule has 0 bridgehead atoms. The predicted octanol–water partition coefficient (Wildman–Crippen LogP) is 4.33. The molecule has 7 rings (SSSR count). The van der Waals surface area contributed by atoms with E-state index in [4.69, 9.17) is 20.0 Å². The van der Waals surface area contributed by atoms with Crippen LogP contribution in [0.1, 0.15) is 4.88 Å². The largest absolute Gasteiger partial charge is 0.857 e. The summed E-state index contributed by atoms with van der Waals surface area (Å²) < 4.78 is 39.7. The highest BCUT2D eigenvalue weighted by molar-refractivity contribution is 7.21. The van der Waals surface area contributed by atoms with Crippen LogP contribution in [0.4, 0.5) is 20.4 Å². The summed E-state index contributed by atoms with van der Waals surface area (Å²) in [6.07, 6.45) is 1.50. The number of morpholine rings is 1. The molecule has 0 radical (unpaired) electrons. The highest BCUT2D eigenvalue weighted by Crippen LogP contribution is 2.43. The molecule has 3 aromatic heterocycles. The summed E-state index contributed by atoms with van der Waals surface area (Å²) in [6.45, 7) is 2.32. The molecule has 9 nitrogen and oxygen atoms in total. The van der Waals surface area contributed by atoms with Gasteiger partial charge in [-0.15, -0.1) is 16.3 Å². The van der Waals surface area contributed by atoms with E-state index in [1.54, 1.807) is 6.07 Å². The van der Waals surface area contributed by atoms with Gasteiger partial charge in [0.25, 0.3) is 6.20 Å². The van der Waals surface area contributed by atoms with E-state index in [1.165, 1.54) is 23.1 Å². The third-order valence-electron chi connectivity index (χ3n) is 7.11. The highest BCUT2D eigenvalue weighted by atomic mass is 32.1. The molecule has 3 aromatic carbocycles. The first-order valence-electron chi connectivity index (χ1n) is 13.1. The van der Waals surface area contributed by atoms with Crippen molar-refractivity contribution in [3.63, 3.8) is 0 Å². The van der Waals surface area contributed by atoms with Crippen LogP contribution in [0.15, 0.2) is 82.4 Å². The number of nitrogen functional groups attached to an aromatic ring is 1. The van der Waals surface area contributed by atoms with E-state index < -0.39 is 17.5 Å². The number of hydrogen-bond donors (Lipinski definition) is 1. The molecule has 42 heavy (non-hydrogen) atoms. The number of nitrogens with zero attached hydrogens (tertiary/aromatic N) is 5. The minimum Gasteiger partial charge on any atom is -0.857 e. The fourth-order valence-electron chi connectivity index (χ4n) is 5.11. The summed E-state index contributed by atoms with van der Waals surface area (Å²) in [5.74, 6) is -2.12. The number of anilines is 1. The van der Waals surface area contributed by atoms with Gasteiger partial charge in [-0.3, -0.25) is 4.52 Å². The number of halogens is 2. The molecule has 210 valence electrons. The van der Waals surface area contributed by atoms with Gasteiger partial charge in [0.05, 0.1) is 47.4 Å². The Bertz CT molecular complexity index is 2000. The van der Waals surface area contributed by atoms with Crippen molar-refractivity contribution in [1.29, 1.82) is 0 Å². The number of pyridine rings is 1. The Morgan fingerprint density at radius 1 is 1.00 bits per heavy atom. The number of rotatable bonds is 5. The zero-order valence-electron chi connectivity index (χ0n) is 22.0. The van der Waals surface area contributed by atoms with E-state index in [9.17, 15) is 9.50 Å². The standard InChI is InChI=1S/C30H22F2N6O3S/c31-18-8-9-20(23(32)14-18)22-15-24(21-7-3-5-17-4-1-2-6-19(17)21)34-30-26(22)27(33)28(42-30)29(39)35-25-16-38(36-41-25)37-10-12-40-13-11-37/h1-9,14-16H,10-13H2,(H2-,33,35,36,39). The van der Waals surface area contributed by atoms with Gasteiger partial charge in [-0.25, -0.2) is 18.8 Å². The van der Waals surface area contributed by atoms with E-state index in [1.807, 2.05) is 47.5 Å². The summed E-state index contributed by atoms with van der Waals surface area (Å²) in [7, 11) is 0. The average molecular weight is 585 g/mol. The third-order valence-corrected chi connectivity index (χ3v) is 8.20. The second-order valence-corrected chi connectivity index (χ2v) is 10.7. The number of nitrogens with two attached hydrogens (primary N) is 1. The predicted molar refractivity (Wildman–Crippen MR) is 154 cm³/mol. The Morgan fingerprint density at radius 2 is 1.81 bits per heavy atom. The molecule has 1 aliphatic heterocycles. The fraction of sp³-hybridized carbons (Fsp3) is 0.133. The van der Waals surface area contributed by atoms with Gasteiger partial charge in [0, 0.05) is 28.5 Å². The molecular weight excluding hydrogens is 562 g/mol. The van der Waals surface area contributed by atoms with Crippen molar-refractivity contribution in [2.75, 3.05) is 37.0 Å². The zero-order chi connectivity index (χ0) is 28.8. The van der Waals surface area contributed by atoms with Crippen LogP contribution >= 0.6 is 11.3 Å². The number of fused-ring (bicyclic) bond motifs is 2. The first-order valence-corrected chi connectivity index (χ1v) is 13.9. The maximum atomic E-state index is 15.2. The zero-order valence-corrected chi connectivity index (χ0v) is 22.8. The molecular formula is C30H22F2N6O3S. The quantitative estimate of drug-likeness (QED) is 0.182. The minimum absolute atomic E-state index is 0.00226. The van der Waals surface area contributed by atoms with Crippen molar-refractivity contribution in [1.82, 2.24) is 10.3 Å². The normalized spacial score (nSPS) is 14.2. The van der Waals surface area contributed by atoms with E-state index in [0.717, 1.165) is 33.7 Å². The van der Waals surface area contributed by atoms with Crippen molar-refractivity contribution in [3.8, 4) is 22.4 Å². The lowest BCUT2D eigenvalue weighted by molar-refractivity contribution is -0.759. The van der Waals surface area contributed by atoms with Crippen LogP contribution in [-0.4, -0.2) is 42.5 Å². The molecule has 6 aromatic rings. The second-order valence-electron chi connectivity index (χ2n) is 9.67. The number of aromatic nitrogens is 3. The number of hydrogen-bond acceptors (Lipinski definition) is 9. The van der Waals surface area contributed by atoms with E-state index in [-0.39, 0.29) is 22.0 Å². The lowest BCUT2D eigenvalue weighted by Gasteiger charge is -2.18. The van der Waals surface area contributed by atoms with E-state index in [0.29, 0.717) is 47.8 Å². The maximum Gasteiger partial charge on any atom is 0.324 e. The van der Waals surface area contributed by atoms with Gasteiger partial charge in [0.1, 0.15) is 16.5 Å². The first-order chi connectivity index (χ1) is 20.5. The molecule has 1 saturated heterocycles. The van der Waals surface area contributed by atoms with Crippen molar-refractivity contribution in [2.45, 2.75) is 0 Å². The van der Waals surface area contributed by atoms with Crippen LogP contribution in [0.5, 0.6) is 0 Å². The third kappa shape index (κ3) is 4.60. The highest BCUT2D eigenvalue weighted by Gasteiger charge is 2.24. The lowest BCUT2D eigenvalue weighted by Crippen LogP contribution is -2.62. The molecule has 4 heterocycles. The monoisotopic (exact) mass is 584 g/mol. The maximum absolute atomic E-state index is 15.2. The molecule has 0 aliphatic carbocycles. The van der Waals surface area contributed by atoms with Crippen molar-refractivity contribution in [2.24, 2.45) is 4.99 Å². The van der Waals surface area contributed by atoms with Gasteiger partial charge in [-0.1, -0.05) is 42.5 Å². The average Bonchev–Trinajstić information content (AvgIpc) is 3.61. The van der Waals surface area contributed by atoms with Gasteiger partial charge in [-0.05, 0) is 34.5 Å². The molecule has 1 aliphatic rings. The Hall–Kier alpha value is -4.94. The Labute approximate surface area is 241 Å². The van der Waals surface area contributed by atoms with Crippen LogP contribution in [-0.2, 0) is 4.74 Å². The van der Waals surface area contributed by atoms with Gasteiger partial charge in [0.2, 0.25) is 5.27 Å². The molecule has 2 N–H and O–H groups in total. The van der Waals surface area contributed by atoms with Gasteiger partial charge in [0.15, 0.2) is 0 Å². The van der Waals surface area contributed by atoms with Crippen molar-refractivity contribution < 1.29 is 27.9 Å². The molecule has 0 unspecified atom stereocenters. The molecule has 1 fully saturated rings. The smallest absolute Gasteiger partial charge is 0.324 e.